The number of H-pyrrole nitrogens is 1. The molecule has 10 heteroatoms. The Balaban J connectivity index is 1.23. The maximum absolute atomic E-state index is 13.1. The largest absolute Gasteiger partial charge is 0.382 e. The molecule has 0 radical (unpaired) electrons. The van der Waals surface area contributed by atoms with Gasteiger partial charge in [-0.1, -0.05) is 35.5 Å². The first kappa shape index (κ1) is 19.7. The number of hydrogen-bond acceptors (Lipinski definition) is 6. The van der Waals surface area contributed by atoms with E-state index in [-0.39, 0.29) is 23.9 Å². The molecule has 31 heavy (non-hydrogen) atoms. The standard InChI is InChI=1S/C21H21N5O4S/c27-21(18-13-17(24-30-18)15-5-2-1-3-6-15)25-9-11-26(12-10-25)31(28,29)19-14-23-20-16(19)7-4-8-22-20/h1-8,14,18H,9-13H2,(H,22,23). The number of aromatic nitrogens is 2. The van der Waals surface area contributed by atoms with Crippen LogP contribution in [-0.4, -0.2) is 71.5 Å². The second-order valence-electron chi connectivity index (χ2n) is 7.48. The minimum Gasteiger partial charge on any atom is -0.382 e. The van der Waals surface area contributed by atoms with Crippen molar-refractivity contribution in [3.05, 3.63) is 60.4 Å². The van der Waals surface area contributed by atoms with Crippen LogP contribution in [0, 0.1) is 0 Å². The summed E-state index contributed by atoms with van der Waals surface area (Å²) < 4.78 is 27.7. The number of rotatable bonds is 4. The lowest BCUT2D eigenvalue weighted by atomic mass is 10.0. The summed E-state index contributed by atoms with van der Waals surface area (Å²) in [6.07, 6.45) is 2.82. The lowest BCUT2D eigenvalue weighted by Crippen LogP contribution is -2.52. The Morgan fingerprint density at radius 3 is 2.61 bits per heavy atom. The van der Waals surface area contributed by atoms with Crippen molar-refractivity contribution in [2.24, 2.45) is 5.16 Å². The van der Waals surface area contributed by atoms with E-state index in [0.29, 0.717) is 30.5 Å². The molecule has 2 aliphatic heterocycles. The number of amides is 1. The van der Waals surface area contributed by atoms with E-state index >= 15 is 0 Å². The van der Waals surface area contributed by atoms with Crippen LogP contribution in [0.3, 0.4) is 0 Å². The minimum absolute atomic E-state index is 0.164. The smallest absolute Gasteiger partial charge is 0.266 e. The number of aromatic amines is 1. The molecule has 1 saturated heterocycles. The summed E-state index contributed by atoms with van der Waals surface area (Å²) >= 11 is 0. The maximum atomic E-state index is 13.1. The highest BCUT2D eigenvalue weighted by Crippen LogP contribution is 2.26. The van der Waals surface area contributed by atoms with E-state index in [4.69, 9.17) is 4.84 Å². The summed E-state index contributed by atoms with van der Waals surface area (Å²) in [6.45, 7) is 1.05. The van der Waals surface area contributed by atoms with Crippen molar-refractivity contribution in [3.8, 4) is 0 Å². The first-order chi connectivity index (χ1) is 15.0. The van der Waals surface area contributed by atoms with Crippen LogP contribution in [0.5, 0.6) is 0 Å². The van der Waals surface area contributed by atoms with Gasteiger partial charge in [0.1, 0.15) is 10.5 Å². The Hall–Kier alpha value is -3.24. The van der Waals surface area contributed by atoms with E-state index in [1.165, 1.54) is 10.5 Å². The van der Waals surface area contributed by atoms with Crippen LogP contribution in [0.4, 0.5) is 0 Å². The first-order valence-corrected chi connectivity index (χ1v) is 11.5. The molecule has 0 spiro atoms. The highest BCUT2D eigenvalue weighted by atomic mass is 32.2. The number of oxime groups is 1. The summed E-state index contributed by atoms with van der Waals surface area (Å²) in [4.78, 5) is 27.2. The monoisotopic (exact) mass is 439 g/mol. The molecule has 1 atom stereocenters. The van der Waals surface area contributed by atoms with Crippen molar-refractivity contribution in [2.45, 2.75) is 17.4 Å². The highest BCUT2D eigenvalue weighted by molar-refractivity contribution is 7.89. The van der Waals surface area contributed by atoms with Crippen molar-refractivity contribution in [2.75, 3.05) is 26.2 Å². The van der Waals surface area contributed by atoms with Crippen LogP contribution in [0.1, 0.15) is 12.0 Å². The first-order valence-electron chi connectivity index (χ1n) is 10.0. The summed E-state index contributed by atoms with van der Waals surface area (Å²) in [7, 11) is -3.69. The number of pyridine rings is 1. The van der Waals surface area contributed by atoms with Crippen molar-refractivity contribution >= 4 is 32.7 Å². The number of fused-ring (bicyclic) bond motifs is 1. The molecule has 1 unspecified atom stereocenters. The quantitative estimate of drug-likeness (QED) is 0.664. The Bertz CT molecular complexity index is 1250. The van der Waals surface area contributed by atoms with Gasteiger partial charge in [0.25, 0.3) is 5.91 Å². The average molecular weight is 439 g/mol. The Labute approximate surface area is 179 Å². The van der Waals surface area contributed by atoms with Crippen LogP contribution in [0.15, 0.2) is 64.9 Å². The van der Waals surface area contributed by atoms with Crippen LogP contribution >= 0.6 is 0 Å². The molecule has 2 aromatic heterocycles. The van der Waals surface area contributed by atoms with Crippen LogP contribution in [0.2, 0.25) is 0 Å². The fourth-order valence-electron chi connectivity index (χ4n) is 3.95. The minimum atomic E-state index is -3.69. The topological polar surface area (TPSA) is 108 Å². The number of piperazine rings is 1. The van der Waals surface area contributed by atoms with E-state index in [9.17, 15) is 13.2 Å². The van der Waals surface area contributed by atoms with E-state index in [1.54, 1.807) is 23.2 Å². The zero-order valence-corrected chi connectivity index (χ0v) is 17.5. The molecule has 3 aromatic rings. The molecule has 1 amide bonds. The molecular weight excluding hydrogens is 418 g/mol. The Morgan fingerprint density at radius 2 is 1.84 bits per heavy atom. The lowest BCUT2D eigenvalue weighted by molar-refractivity contribution is -0.143. The molecule has 2 aliphatic rings. The van der Waals surface area contributed by atoms with Gasteiger partial charge in [0.2, 0.25) is 16.1 Å². The van der Waals surface area contributed by atoms with Gasteiger partial charge in [-0.15, -0.1) is 0 Å². The molecule has 0 aliphatic carbocycles. The van der Waals surface area contributed by atoms with Crippen molar-refractivity contribution in [3.63, 3.8) is 0 Å². The normalized spacial score (nSPS) is 19.9. The average Bonchev–Trinajstić information content (AvgIpc) is 3.47. The molecule has 160 valence electrons. The number of nitrogens with one attached hydrogen (secondary N) is 1. The fourth-order valence-corrected chi connectivity index (χ4v) is 5.52. The lowest BCUT2D eigenvalue weighted by Gasteiger charge is -2.34. The van der Waals surface area contributed by atoms with Gasteiger partial charge in [0, 0.05) is 50.4 Å². The zero-order valence-electron chi connectivity index (χ0n) is 16.6. The predicted octanol–water partition coefficient (Wildman–Crippen LogP) is 1.59. The molecule has 1 N–H and O–H groups in total. The number of hydrogen-bond donors (Lipinski definition) is 1. The number of sulfonamides is 1. The summed E-state index contributed by atoms with van der Waals surface area (Å²) in [5.41, 5.74) is 2.21. The number of carbonyl (C=O) groups excluding carboxylic acids is 1. The van der Waals surface area contributed by atoms with E-state index < -0.39 is 16.1 Å². The molecule has 9 nitrogen and oxygen atoms in total. The number of benzene rings is 1. The van der Waals surface area contributed by atoms with Crippen molar-refractivity contribution in [1.82, 2.24) is 19.2 Å². The van der Waals surface area contributed by atoms with Crippen LogP contribution in [-0.2, 0) is 19.7 Å². The Morgan fingerprint density at radius 1 is 1.06 bits per heavy atom. The van der Waals surface area contributed by atoms with Gasteiger partial charge in [-0.05, 0) is 17.7 Å². The molecule has 1 fully saturated rings. The van der Waals surface area contributed by atoms with Gasteiger partial charge in [-0.3, -0.25) is 4.79 Å². The van der Waals surface area contributed by atoms with Crippen molar-refractivity contribution < 1.29 is 18.0 Å². The Kier molecular flexibility index (Phi) is 4.95. The SMILES string of the molecule is O=C(C1CC(c2ccccc2)=NO1)N1CCN(S(=O)(=O)c2c[nH]c3ncccc23)CC1. The third-order valence-corrected chi connectivity index (χ3v) is 7.57. The summed E-state index contributed by atoms with van der Waals surface area (Å²) in [5.74, 6) is -0.164. The van der Waals surface area contributed by atoms with Gasteiger partial charge in [0.05, 0.1) is 5.71 Å². The number of carbonyl (C=O) groups is 1. The van der Waals surface area contributed by atoms with Gasteiger partial charge in [-0.2, -0.15) is 4.31 Å². The van der Waals surface area contributed by atoms with E-state index in [0.717, 1.165) is 11.3 Å². The zero-order chi connectivity index (χ0) is 21.4. The van der Waals surface area contributed by atoms with Crippen LogP contribution < -0.4 is 0 Å². The van der Waals surface area contributed by atoms with Crippen molar-refractivity contribution in [1.29, 1.82) is 0 Å². The second kappa shape index (κ2) is 7.78. The molecule has 0 saturated carbocycles. The maximum Gasteiger partial charge on any atom is 0.266 e. The van der Waals surface area contributed by atoms with Gasteiger partial charge in [-0.25, -0.2) is 13.4 Å². The van der Waals surface area contributed by atoms with E-state index in [2.05, 4.69) is 15.1 Å². The third-order valence-electron chi connectivity index (χ3n) is 5.63. The second-order valence-corrected chi connectivity index (χ2v) is 9.39. The molecule has 1 aromatic carbocycles. The highest BCUT2D eigenvalue weighted by Gasteiger charge is 2.36. The molecule has 0 bridgehead atoms. The number of nitrogens with zero attached hydrogens (tertiary/aromatic N) is 4. The third kappa shape index (κ3) is 3.57. The fraction of sp³-hybridized carbons (Fsp3) is 0.286. The molecule has 4 heterocycles. The van der Waals surface area contributed by atoms with E-state index in [1.807, 2.05) is 30.3 Å². The molecular formula is C21H21N5O4S. The predicted molar refractivity (Wildman–Crippen MR) is 114 cm³/mol. The van der Waals surface area contributed by atoms with Gasteiger partial charge in [0.15, 0.2) is 0 Å². The molecule has 5 rings (SSSR count). The van der Waals surface area contributed by atoms with Crippen LogP contribution in [0.25, 0.3) is 11.0 Å². The summed E-state index contributed by atoms with van der Waals surface area (Å²) in [6, 6.07) is 13.0. The summed E-state index contributed by atoms with van der Waals surface area (Å²) in [5, 5.41) is 4.63. The van der Waals surface area contributed by atoms with Gasteiger partial charge >= 0.3 is 0 Å². The van der Waals surface area contributed by atoms with Gasteiger partial charge < -0.3 is 14.7 Å².